The highest BCUT2D eigenvalue weighted by Gasteiger charge is 2.33. The van der Waals surface area contributed by atoms with Gasteiger partial charge in [0.05, 0.1) is 11.0 Å². The van der Waals surface area contributed by atoms with E-state index in [1.54, 1.807) is 0 Å². The highest BCUT2D eigenvalue weighted by Crippen LogP contribution is 2.30. The fraction of sp³-hybridized carbons (Fsp3) is 1.00. The lowest BCUT2D eigenvalue weighted by molar-refractivity contribution is 0.453. The van der Waals surface area contributed by atoms with Gasteiger partial charge in [-0.1, -0.05) is 25.7 Å². The van der Waals surface area contributed by atoms with Crippen molar-refractivity contribution in [3.63, 3.8) is 0 Å². The topological polar surface area (TPSA) is 60.2 Å². The quantitative estimate of drug-likeness (QED) is 0.822. The predicted octanol–water partition coefficient (Wildman–Crippen LogP) is 1.86. The van der Waals surface area contributed by atoms with E-state index < -0.39 is 9.84 Å². The van der Waals surface area contributed by atoms with Crippen LogP contribution in [0.5, 0.6) is 0 Å². The Bertz CT molecular complexity index is 314. The third-order valence-electron chi connectivity index (χ3n) is 4.24. The minimum absolute atomic E-state index is 0.0834. The summed E-state index contributed by atoms with van der Waals surface area (Å²) in [4.78, 5) is 0. The van der Waals surface area contributed by atoms with Crippen LogP contribution in [0.2, 0.25) is 0 Å². The molecule has 0 aromatic heterocycles. The molecule has 2 aliphatic rings. The minimum atomic E-state index is -2.92. The van der Waals surface area contributed by atoms with Gasteiger partial charge < -0.3 is 5.73 Å². The van der Waals surface area contributed by atoms with Crippen LogP contribution >= 0.6 is 0 Å². The molecule has 0 saturated heterocycles. The van der Waals surface area contributed by atoms with Crippen LogP contribution in [0.1, 0.15) is 51.4 Å². The summed E-state index contributed by atoms with van der Waals surface area (Å²) in [5, 5.41) is -0.0834. The maximum absolute atomic E-state index is 12.1. The van der Waals surface area contributed by atoms with E-state index in [1.165, 1.54) is 12.8 Å². The summed E-state index contributed by atoms with van der Waals surface area (Å²) in [6, 6.07) is -0.118. The van der Waals surface area contributed by atoms with Crippen LogP contribution in [0.25, 0.3) is 0 Å². The van der Waals surface area contributed by atoms with Gasteiger partial charge in [0.25, 0.3) is 0 Å². The van der Waals surface area contributed by atoms with Crippen LogP contribution in [0.15, 0.2) is 0 Å². The molecule has 0 aliphatic heterocycles. The van der Waals surface area contributed by atoms with Crippen LogP contribution in [-0.2, 0) is 9.84 Å². The third-order valence-corrected chi connectivity index (χ3v) is 6.58. The summed E-state index contributed by atoms with van der Waals surface area (Å²) in [6.07, 6.45) is 8.57. The van der Waals surface area contributed by atoms with Crippen molar-refractivity contribution in [3.8, 4) is 0 Å². The van der Waals surface area contributed by atoms with E-state index in [2.05, 4.69) is 0 Å². The highest BCUT2D eigenvalue weighted by molar-refractivity contribution is 7.92. The molecule has 2 aliphatic carbocycles. The standard InChI is InChI=1S/C12H23NO2S/c13-12(10-5-1-2-6-10)9-16(14,15)11-7-3-4-8-11/h10-12H,1-9,13H2. The summed E-state index contributed by atoms with van der Waals surface area (Å²) in [5.41, 5.74) is 6.05. The zero-order valence-electron chi connectivity index (χ0n) is 9.90. The molecule has 0 aromatic carbocycles. The first kappa shape index (κ1) is 12.4. The van der Waals surface area contributed by atoms with E-state index in [0.717, 1.165) is 38.5 Å². The average Bonchev–Trinajstić information content (AvgIpc) is 2.91. The van der Waals surface area contributed by atoms with Crippen molar-refractivity contribution in [3.05, 3.63) is 0 Å². The molecule has 2 rings (SSSR count). The van der Waals surface area contributed by atoms with Gasteiger partial charge in [-0.25, -0.2) is 8.42 Å². The molecule has 94 valence electrons. The molecule has 0 heterocycles. The Morgan fingerprint density at radius 1 is 1.00 bits per heavy atom. The molecule has 1 unspecified atom stereocenters. The minimum Gasteiger partial charge on any atom is -0.327 e. The van der Waals surface area contributed by atoms with Gasteiger partial charge in [0, 0.05) is 6.04 Å². The number of sulfone groups is 1. The molecule has 0 spiro atoms. The van der Waals surface area contributed by atoms with Gasteiger partial charge in [0.15, 0.2) is 9.84 Å². The van der Waals surface area contributed by atoms with E-state index >= 15 is 0 Å². The molecule has 0 radical (unpaired) electrons. The van der Waals surface area contributed by atoms with E-state index in [4.69, 9.17) is 5.73 Å². The van der Waals surface area contributed by atoms with Crippen molar-refractivity contribution in [1.29, 1.82) is 0 Å². The largest absolute Gasteiger partial charge is 0.327 e. The Kier molecular flexibility index (Phi) is 3.90. The number of nitrogens with two attached hydrogens (primary N) is 1. The van der Waals surface area contributed by atoms with Crippen molar-refractivity contribution < 1.29 is 8.42 Å². The third kappa shape index (κ3) is 2.77. The second-order valence-corrected chi connectivity index (χ2v) is 7.77. The second-order valence-electron chi connectivity index (χ2n) is 5.44. The van der Waals surface area contributed by atoms with Crippen LogP contribution in [0.3, 0.4) is 0 Å². The molecule has 1 atom stereocenters. The van der Waals surface area contributed by atoms with Gasteiger partial charge in [-0.2, -0.15) is 0 Å². The molecular weight excluding hydrogens is 222 g/mol. The SMILES string of the molecule is NC(CS(=O)(=O)C1CCCC1)C1CCCC1. The van der Waals surface area contributed by atoms with E-state index in [9.17, 15) is 8.42 Å². The van der Waals surface area contributed by atoms with Crippen molar-refractivity contribution in [2.45, 2.75) is 62.7 Å². The molecule has 2 fully saturated rings. The van der Waals surface area contributed by atoms with Gasteiger partial charge in [0.1, 0.15) is 0 Å². The first-order chi connectivity index (χ1) is 7.59. The van der Waals surface area contributed by atoms with E-state index in [1.807, 2.05) is 0 Å². The molecule has 2 N–H and O–H groups in total. The molecule has 0 aromatic rings. The lowest BCUT2D eigenvalue weighted by atomic mass is 10.0. The van der Waals surface area contributed by atoms with Crippen LogP contribution in [0.4, 0.5) is 0 Å². The predicted molar refractivity (Wildman–Crippen MR) is 66.0 cm³/mol. The molecule has 2 saturated carbocycles. The Labute approximate surface area is 98.7 Å². The van der Waals surface area contributed by atoms with Crippen molar-refractivity contribution in [1.82, 2.24) is 0 Å². The number of hydrogen-bond acceptors (Lipinski definition) is 3. The van der Waals surface area contributed by atoms with Crippen molar-refractivity contribution >= 4 is 9.84 Å². The molecule has 3 nitrogen and oxygen atoms in total. The van der Waals surface area contributed by atoms with Gasteiger partial charge in [-0.15, -0.1) is 0 Å². The maximum Gasteiger partial charge on any atom is 0.154 e. The summed E-state index contributed by atoms with van der Waals surface area (Å²) < 4.78 is 24.2. The Hall–Kier alpha value is -0.0900. The van der Waals surface area contributed by atoms with Gasteiger partial charge in [-0.05, 0) is 31.6 Å². The zero-order valence-corrected chi connectivity index (χ0v) is 10.7. The highest BCUT2D eigenvalue weighted by atomic mass is 32.2. The average molecular weight is 245 g/mol. The zero-order chi connectivity index (χ0) is 11.6. The van der Waals surface area contributed by atoms with Crippen molar-refractivity contribution in [2.24, 2.45) is 11.7 Å². The maximum atomic E-state index is 12.1. The monoisotopic (exact) mass is 245 g/mol. The fourth-order valence-electron chi connectivity index (χ4n) is 3.17. The number of hydrogen-bond donors (Lipinski definition) is 1. The molecular formula is C12H23NO2S. The molecule has 0 bridgehead atoms. The first-order valence-corrected chi connectivity index (χ1v) is 8.28. The number of rotatable bonds is 4. The fourth-order valence-corrected chi connectivity index (χ4v) is 5.31. The lowest BCUT2D eigenvalue weighted by Gasteiger charge is -2.20. The van der Waals surface area contributed by atoms with Crippen LogP contribution in [0, 0.1) is 5.92 Å². The molecule has 4 heteroatoms. The molecule has 16 heavy (non-hydrogen) atoms. The van der Waals surface area contributed by atoms with Crippen LogP contribution in [-0.4, -0.2) is 25.5 Å². The van der Waals surface area contributed by atoms with Crippen LogP contribution < -0.4 is 5.73 Å². The van der Waals surface area contributed by atoms with Crippen molar-refractivity contribution in [2.75, 3.05) is 5.75 Å². The summed E-state index contributed by atoms with van der Waals surface area (Å²) >= 11 is 0. The first-order valence-electron chi connectivity index (χ1n) is 6.57. The summed E-state index contributed by atoms with van der Waals surface area (Å²) in [7, 11) is -2.92. The second kappa shape index (κ2) is 5.05. The van der Waals surface area contributed by atoms with Gasteiger partial charge >= 0.3 is 0 Å². The molecule has 0 amide bonds. The summed E-state index contributed by atoms with van der Waals surface area (Å²) in [6.45, 7) is 0. The Balaban J connectivity index is 1.91. The lowest BCUT2D eigenvalue weighted by Crippen LogP contribution is -2.38. The van der Waals surface area contributed by atoms with Gasteiger partial charge in [0.2, 0.25) is 0 Å². The Morgan fingerprint density at radius 3 is 2.06 bits per heavy atom. The van der Waals surface area contributed by atoms with E-state index in [-0.39, 0.29) is 17.0 Å². The van der Waals surface area contributed by atoms with Gasteiger partial charge in [-0.3, -0.25) is 0 Å². The normalized spacial score (nSPS) is 26.3. The summed E-state index contributed by atoms with van der Waals surface area (Å²) in [5.74, 6) is 0.679. The smallest absolute Gasteiger partial charge is 0.154 e. The Morgan fingerprint density at radius 2 is 1.50 bits per heavy atom. The van der Waals surface area contributed by atoms with E-state index in [0.29, 0.717) is 5.92 Å².